The highest BCUT2D eigenvalue weighted by atomic mass is 16.1. The van der Waals surface area contributed by atoms with Gasteiger partial charge in [-0.15, -0.1) is 0 Å². The molecule has 35 heavy (non-hydrogen) atoms. The number of benzene rings is 1. The molecule has 0 aromatic heterocycles. The molecule has 1 aromatic rings. The van der Waals surface area contributed by atoms with Gasteiger partial charge in [-0.25, -0.2) is 20.0 Å². The van der Waals surface area contributed by atoms with Crippen LogP contribution in [-0.4, -0.2) is 28.8 Å². The van der Waals surface area contributed by atoms with Crippen molar-refractivity contribution in [3.63, 3.8) is 0 Å². The molecule has 0 saturated heterocycles. The predicted octanol–water partition coefficient (Wildman–Crippen LogP) is 5.45. The Bertz CT molecular complexity index is 1540. The highest BCUT2D eigenvalue weighted by molar-refractivity contribution is 6.33. The Morgan fingerprint density at radius 3 is 1.89 bits per heavy atom. The number of amides is 1. The number of nitrogens with zero attached hydrogens (tertiary/aromatic N) is 4. The first-order valence-electron chi connectivity index (χ1n) is 11.5. The maximum Gasteiger partial charge on any atom is 0.224 e. The minimum atomic E-state index is -0.0356. The van der Waals surface area contributed by atoms with Crippen molar-refractivity contribution in [1.29, 1.82) is 0 Å². The molecule has 5 heterocycles. The van der Waals surface area contributed by atoms with Crippen molar-refractivity contribution in [2.75, 3.05) is 5.32 Å². The maximum atomic E-state index is 12.2. The molecule has 1 amide bonds. The van der Waals surface area contributed by atoms with Crippen molar-refractivity contribution in [3.05, 3.63) is 119 Å². The summed E-state index contributed by atoms with van der Waals surface area (Å²) in [4.78, 5) is 31.2. The van der Waals surface area contributed by atoms with Crippen molar-refractivity contribution in [1.82, 2.24) is 0 Å². The number of aliphatic imine (C=N–C) groups is 4. The number of allylic oxidation sites excluding steroid dienone is 12. The minimum Gasteiger partial charge on any atom is -0.326 e. The van der Waals surface area contributed by atoms with Gasteiger partial charge in [-0.05, 0) is 72.9 Å². The lowest BCUT2D eigenvalue weighted by Gasteiger charge is -2.12. The number of nitrogens with one attached hydrogen (secondary N) is 1. The van der Waals surface area contributed by atoms with Crippen LogP contribution in [0, 0.1) is 0 Å². The summed E-state index contributed by atoms with van der Waals surface area (Å²) >= 11 is 0. The van der Waals surface area contributed by atoms with Crippen molar-refractivity contribution < 1.29 is 4.79 Å². The third kappa shape index (κ3) is 4.29. The van der Waals surface area contributed by atoms with Crippen LogP contribution in [0.15, 0.2) is 134 Å². The summed E-state index contributed by atoms with van der Waals surface area (Å²) in [5.41, 5.74) is 9.13. The van der Waals surface area contributed by atoms with Crippen LogP contribution in [0.25, 0.3) is 5.57 Å². The molecule has 0 saturated carbocycles. The highest BCUT2D eigenvalue weighted by Gasteiger charge is 2.20. The third-order valence-corrected chi connectivity index (χ3v) is 5.85. The van der Waals surface area contributed by atoms with Gasteiger partial charge in [0.05, 0.1) is 45.6 Å². The molecule has 6 nitrogen and oxygen atoms in total. The van der Waals surface area contributed by atoms with Crippen LogP contribution in [0.2, 0.25) is 0 Å². The van der Waals surface area contributed by atoms with Crippen molar-refractivity contribution in [2.45, 2.75) is 13.3 Å². The van der Waals surface area contributed by atoms with Crippen molar-refractivity contribution in [2.24, 2.45) is 20.0 Å². The monoisotopic (exact) mass is 455 g/mol. The summed E-state index contributed by atoms with van der Waals surface area (Å²) in [6.45, 7) is 1.84. The second-order valence-electron chi connectivity index (χ2n) is 8.39. The number of hydrogen-bond donors (Lipinski definition) is 1. The molecule has 0 radical (unpaired) electrons. The number of rotatable bonds is 3. The molecule has 5 aliphatic rings. The van der Waals surface area contributed by atoms with E-state index < -0.39 is 0 Å². The van der Waals surface area contributed by atoms with Gasteiger partial charge in [0.1, 0.15) is 0 Å². The van der Waals surface area contributed by atoms with Crippen LogP contribution in [-0.2, 0) is 4.79 Å². The molecule has 0 atom stereocenters. The lowest BCUT2D eigenvalue weighted by atomic mass is 9.99. The van der Waals surface area contributed by atoms with E-state index in [0.717, 1.165) is 62.5 Å². The predicted molar refractivity (Wildman–Crippen MR) is 143 cm³/mol. The molecule has 0 spiro atoms. The van der Waals surface area contributed by atoms with Crippen molar-refractivity contribution in [3.8, 4) is 0 Å². The Morgan fingerprint density at radius 1 is 0.686 bits per heavy atom. The molecular formula is C29H21N5O. The number of carbonyl (C=O) groups is 1. The fraction of sp³-hybridized carbons (Fsp3) is 0.0690. The fourth-order valence-corrected chi connectivity index (χ4v) is 4.18. The van der Waals surface area contributed by atoms with Gasteiger partial charge < -0.3 is 5.32 Å². The highest BCUT2D eigenvalue weighted by Crippen LogP contribution is 2.33. The quantitative estimate of drug-likeness (QED) is 0.646. The number of fused-ring (bicyclic) bond motifs is 4. The first-order chi connectivity index (χ1) is 17.1. The maximum absolute atomic E-state index is 12.2. The smallest absolute Gasteiger partial charge is 0.224 e. The zero-order valence-corrected chi connectivity index (χ0v) is 19.1. The van der Waals surface area contributed by atoms with Crippen LogP contribution in [0.1, 0.15) is 18.9 Å². The second kappa shape index (κ2) is 8.57. The molecule has 0 aliphatic carbocycles. The zero-order chi connectivity index (χ0) is 23.8. The Labute approximate surface area is 203 Å². The lowest BCUT2D eigenvalue weighted by Crippen LogP contribution is -2.11. The normalized spacial score (nSPS) is 19.3. The first-order valence-corrected chi connectivity index (χ1v) is 11.5. The molecule has 6 heteroatoms. The summed E-state index contributed by atoms with van der Waals surface area (Å²) in [6, 6.07) is 7.78. The van der Waals surface area contributed by atoms with Crippen LogP contribution in [0.5, 0.6) is 0 Å². The summed E-state index contributed by atoms with van der Waals surface area (Å²) in [5, 5.41) is 3.01. The van der Waals surface area contributed by atoms with E-state index in [4.69, 9.17) is 15.0 Å². The molecule has 1 aromatic carbocycles. The molecule has 0 fully saturated rings. The molecule has 5 aliphatic heterocycles. The molecule has 0 unspecified atom stereocenters. The number of para-hydroxylation sites is 1. The fourth-order valence-electron chi connectivity index (χ4n) is 4.18. The van der Waals surface area contributed by atoms with E-state index in [0.29, 0.717) is 6.42 Å². The van der Waals surface area contributed by atoms with Gasteiger partial charge in [-0.2, -0.15) is 0 Å². The van der Waals surface area contributed by atoms with E-state index in [9.17, 15) is 4.79 Å². The molecule has 8 bridgehead atoms. The van der Waals surface area contributed by atoms with E-state index in [2.05, 4.69) is 10.3 Å². The van der Waals surface area contributed by atoms with Gasteiger partial charge in [0, 0.05) is 23.2 Å². The van der Waals surface area contributed by atoms with E-state index in [1.807, 2.05) is 98.0 Å². The lowest BCUT2D eigenvalue weighted by molar-refractivity contribution is -0.115. The van der Waals surface area contributed by atoms with Crippen LogP contribution >= 0.6 is 0 Å². The van der Waals surface area contributed by atoms with Gasteiger partial charge in [0.25, 0.3) is 0 Å². The van der Waals surface area contributed by atoms with Gasteiger partial charge in [0.15, 0.2) is 0 Å². The van der Waals surface area contributed by atoms with Crippen LogP contribution in [0.4, 0.5) is 5.69 Å². The Morgan fingerprint density at radius 2 is 1.26 bits per heavy atom. The van der Waals surface area contributed by atoms with Gasteiger partial charge in [-0.1, -0.05) is 25.1 Å². The number of carbonyl (C=O) groups excluding carboxylic acids is 1. The van der Waals surface area contributed by atoms with Gasteiger partial charge in [-0.3, -0.25) is 4.79 Å². The molecule has 1 N–H and O–H groups in total. The molecular weight excluding hydrogens is 434 g/mol. The number of anilines is 1. The van der Waals surface area contributed by atoms with E-state index in [1.165, 1.54) is 0 Å². The van der Waals surface area contributed by atoms with E-state index in [1.54, 1.807) is 0 Å². The summed E-state index contributed by atoms with van der Waals surface area (Å²) in [6.07, 6.45) is 22.1. The topological polar surface area (TPSA) is 78.5 Å². The summed E-state index contributed by atoms with van der Waals surface area (Å²) in [5.74, 6) is -0.0356. The van der Waals surface area contributed by atoms with Gasteiger partial charge in [0.2, 0.25) is 5.91 Å². The van der Waals surface area contributed by atoms with E-state index in [-0.39, 0.29) is 5.91 Å². The SMILES string of the molecule is CCC(=O)Nc1ccccc1C1=CC2=CC3=NC(=CC4=NC(=CC5=NC(=CC1=N2)C=C5)C=C4)C=C3. The van der Waals surface area contributed by atoms with Crippen molar-refractivity contribution >= 4 is 40.0 Å². The van der Waals surface area contributed by atoms with Crippen LogP contribution < -0.4 is 5.32 Å². The first kappa shape index (κ1) is 20.9. The minimum absolute atomic E-state index is 0.0356. The Kier molecular flexibility index (Phi) is 5.11. The molecule has 6 rings (SSSR count). The Hall–Kier alpha value is -4.71. The molecule has 168 valence electrons. The zero-order valence-electron chi connectivity index (χ0n) is 19.1. The average Bonchev–Trinajstić information content (AvgIpc) is 3.65. The standard InChI is InChI=1S/C29H21N5O/c1-2-29(35)34-27-6-4-3-5-25(27)26-16-24-15-22-10-9-20(31-22)13-18-7-8-19(30-18)14-21-11-12-23(32-21)17-28(26)33-24/h3-17H,2H2,1H3,(H,34,35). The summed E-state index contributed by atoms with van der Waals surface area (Å²) < 4.78 is 0. The van der Waals surface area contributed by atoms with E-state index >= 15 is 0 Å². The number of hydrogen-bond acceptors (Lipinski definition) is 5. The largest absolute Gasteiger partial charge is 0.326 e. The van der Waals surface area contributed by atoms with Crippen LogP contribution in [0.3, 0.4) is 0 Å². The average molecular weight is 456 g/mol. The Balaban J connectivity index is 1.48. The second-order valence-corrected chi connectivity index (χ2v) is 8.39. The third-order valence-electron chi connectivity index (χ3n) is 5.85. The summed E-state index contributed by atoms with van der Waals surface area (Å²) in [7, 11) is 0. The van der Waals surface area contributed by atoms with Gasteiger partial charge >= 0.3 is 0 Å².